The zero-order valence-corrected chi connectivity index (χ0v) is 13.1. The van der Waals surface area contributed by atoms with E-state index in [-0.39, 0.29) is 18.1 Å². The average Bonchev–Trinajstić information content (AvgIpc) is 2.46. The van der Waals surface area contributed by atoms with Gasteiger partial charge in [0.05, 0.1) is 24.1 Å². The summed E-state index contributed by atoms with van der Waals surface area (Å²) >= 11 is 0. The fourth-order valence-electron chi connectivity index (χ4n) is 1.55. The van der Waals surface area contributed by atoms with E-state index in [2.05, 4.69) is 5.32 Å². The minimum absolute atomic E-state index is 0.0226. The monoisotopic (exact) mass is 296 g/mol. The number of hydrogen-bond donors (Lipinski definition) is 2. The summed E-state index contributed by atoms with van der Waals surface area (Å²) in [6, 6.07) is 5.08. The highest BCUT2D eigenvalue weighted by Gasteiger charge is 2.16. The van der Waals surface area contributed by atoms with Crippen molar-refractivity contribution in [2.75, 3.05) is 38.5 Å². The quantitative estimate of drug-likeness (QED) is 0.566. The van der Waals surface area contributed by atoms with Crippen LogP contribution in [0, 0.1) is 0 Å². The lowest BCUT2D eigenvalue weighted by atomic mass is 10.1. The van der Waals surface area contributed by atoms with E-state index in [0.717, 1.165) is 0 Å². The van der Waals surface area contributed by atoms with Gasteiger partial charge < -0.3 is 25.3 Å². The first-order chi connectivity index (χ1) is 9.88. The Hall–Kier alpha value is -1.79. The molecule has 3 N–H and O–H groups in total. The molecule has 0 spiro atoms. The second-order valence-electron chi connectivity index (χ2n) is 5.27. The fraction of sp³-hybridized carbons (Fsp3) is 0.533. The maximum atomic E-state index is 11.8. The van der Waals surface area contributed by atoms with Gasteiger partial charge in [0, 0.05) is 19.8 Å². The number of benzene rings is 1. The topological polar surface area (TPSA) is 82.8 Å². The maximum absolute atomic E-state index is 11.8. The Morgan fingerprint density at radius 3 is 2.62 bits per heavy atom. The molecule has 0 aromatic heterocycles. The third-order valence-electron chi connectivity index (χ3n) is 3.17. The number of nitrogens with one attached hydrogen (secondary N) is 1. The molecule has 0 aliphatic heterocycles. The average molecular weight is 296 g/mol. The number of anilines is 2. The molecule has 118 valence electrons. The van der Waals surface area contributed by atoms with Crippen molar-refractivity contribution in [1.82, 2.24) is 0 Å². The van der Waals surface area contributed by atoms with Crippen LogP contribution < -0.4 is 15.8 Å². The second kappa shape index (κ2) is 7.85. The number of nitrogen functional groups attached to an aromatic ring is 1. The van der Waals surface area contributed by atoms with Gasteiger partial charge >= 0.3 is 0 Å². The first kappa shape index (κ1) is 17.3. The molecule has 0 atom stereocenters. The van der Waals surface area contributed by atoms with Crippen LogP contribution in [0.4, 0.5) is 11.4 Å². The van der Waals surface area contributed by atoms with Crippen molar-refractivity contribution < 1.29 is 19.0 Å². The van der Waals surface area contributed by atoms with Crippen LogP contribution in [-0.4, -0.2) is 38.9 Å². The van der Waals surface area contributed by atoms with E-state index in [4.69, 9.17) is 19.9 Å². The maximum Gasteiger partial charge on any atom is 0.250 e. The molecular weight excluding hydrogens is 272 g/mol. The van der Waals surface area contributed by atoms with Gasteiger partial charge in [0.15, 0.2) is 0 Å². The molecule has 6 nitrogen and oxygen atoms in total. The van der Waals surface area contributed by atoms with E-state index in [9.17, 15) is 4.79 Å². The van der Waals surface area contributed by atoms with Crippen molar-refractivity contribution in [2.45, 2.75) is 25.9 Å². The third-order valence-corrected chi connectivity index (χ3v) is 3.17. The van der Waals surface area contributed by atoms with Crippen molar-refractivity contribution in [2.24, 2.45) is 0 Å². The molecule has 6 heteroatoms. The van der Waals surface area contributed by atoms with Gasteiger partial charge in [-0.1, -0.05) is 0 Å². The van der Waals surface area contributed by atoms with Crippen LogP contribution >= 0.6 is 0 Å². The molecular formula is C15H24N2O4. The molecule has 0 heterocycles. The normalized spacial score (nSPS) is 11.2. The van der Waals surface area contributed by atoms with Crippen molar-refractivity contribution in [3.8, 4) is 5.75 Å². The largest absolute Gasteiger partial charge is 0.497 e. The van der Waals surface area contributed by atoms with Gasteiger partial charge in [0.1, 0.15) is 12.4 Å². The molecule has 21 heavy (non-hydrogen) atoms. The molecule has 0 unspecified atom stereocenters. The van der Waals surface area contributed by atoms with Gasteiger partial charge in [0.25, 0.3) is 0 Å². The van der Waals surface area contributed by atoms with E-state index in [1.54, 1.807) is 32.4 Å². The Morgan fingerprint density at radius 1 is 1.33 bits per heavy atom. The standard InChI is InChI=1S/C15H24N2O4/c1-15(2,20-4)7-8-21-10-14(18)17-13-6-5-11(19-3)9-12(13)16/h5-6,9H,7-8,10,16H2,1-4H3,(H,17,18). The Labute approximate surface area is 125 Å². The molecule has 0 aliphatic carbocycles. The number of rotatable bonds is 8. The molecule has 1 amide bonds. The molecule has 0 aliphatic rings. The molecule has 0 saturated heterocycles. The van der Waals surface area contributed by atoms with E-state index in [0.29, 0.717) is 30.2 Å². The lowest BCUT2D eigenvalue weighted by molar-refractivity contribution is -0.121. The number of methoxy groups -OCH3 is 2. The first-order valence-electron chi connectivity index (χ1n) is 6.74. The van der Waals surface area contributed by atoms with Gasteiger partial charge in [-0.2, -0.15) is 0 Å². The van der Waals surface area contributed by atoms with E-state index in [1.807, 2.05) is 13.8 Å². The predicted octanol–water partition coefficient (Wildman–Crippen LogP) is 2.05. The van der Waals surface area contributed by atoms with Crippen LogP contribution in [0.2, 0.25) is 0 Å². The Morgan fingerprint density at radius 2 is 2.05 bits per heavy atom. The summed E-state index contributed by atoms with van der Waals surface area (Å²) in [6.07, 6.45) is 0.710. The SMILES string of the molecule is COc1ccc(NC(=O)COCCC(C)(C)OC)c(N)c1. The number of hydrogen-bond acceptors (Lipinski definition) is 5. The molecule has 1 rings (SSSR count). The Kier molecular flexibility index (Phi) is 6.45. The van der Waals surface area contributed by atoms with Crippen molar-refractivity contribution in [1.29, 1.82) is 0 Å². The van der Waals surface area contributed by atoms with Gasteiger partial charge in [-0.25, -0.2) is 0 Å². The van der Waals surface area contributed by atoms with Crippen LogP contribution in [-0.2, 0) is 14.3 Å². The molecule has 0 bridgehead atoms. The highest BCUT2D eigenvalue weighted by molar-refractivity contribution is 5.94. The molecule has 1 aromatic rings. The zero-order chi connectivity index (χ0) is 15.9. The predicted molar refractivity (Wildman–Crippen MR) is 82.6 cm³/mol. The third kappa shape index (κ3) is 6.01. The van der Waals surface area contributed by atoms with Crippen LogP contribution in [0.5, 0.6) is 5.75 Å². The minimum Gasteiger partial charge on any atom is -0.497 e. The van der Waals surface area contributed by atoms with Crippen molar-refractivity contribution >= 4 is 17.3 Å². The minimum atomic E-state index is -0.253. The summed E-state index contributed by atoms with van der Waals surface area (Å²) in [7, 11) is 3.21. The Bertz CT molecular complexity index is 475. The summed E-state index contributed by atoms with van der Waals surface area (Å²) in [5.41, 5.74) is 6.56. The van der Waals surface area contributed by atoms with Gasteiger partial charge in [-0.15, -0.1) is 0 Å². The fourth-order valence-corrected chi connectivity index (χ4v) is 1.55. The lowest BCUT2D eigenvalue weighted by Crippen LogP contribution is -2.26. The van der Waals surface area contributed by atoms with Crippen LogP contribution in [0.25, 0.3) is 0 Å². The van der Waals surface area contributed by atoms with E-state index < -0.39 is 0 Å². The van der Waals surface area contributed by atoms with Crippen molar-refractivity contribution in [3.05, 3.63) is 18.2 Å². The number of carbonyl (C=O) groups excluding carboxylic acids is 1. The summed E-state index contributed by atoms with van der Waals surface area (Å²) < 4.78 is 15.6. The molecule has 1 aromatic carbocycles. The smallest absolute Gasteiger partial charge is 0.250 e. The molecule has 0 radical (unpaired) electrons. The lowest BCUT2D eigenvalue weighted by Gasteiger charge is -2.22. The van der Waals surface area contributed by atoms with E-state index >= 15 is 0 Å². The summed E-state index contributed by atoms with van der Waals surface area (Å²) in [5, 5.41) is 2.70. The number of ether oxygens (including phenoxy) is 3. The van der Waals surface area contributed by atoms with Crippen molar-refractivity contribution in [3.63, 3.8) is 0 Å². The highest BCUT2D eigenvalue weighted by Crippen LogP contribution is 2.23. The number of carbonyl (C=O) groups is 1. The van der Waals surface area contributed by atoms with Gasteiger partial charge in [-0.3, -0.25) is 4.79 Å². The molecule has 0 fully saturated rings. The van der Waals surface area contributed by atoms with Crippen LogP contribution in [0.1, 0.15) is 20.3 Å². The first-order valence-corrected chi connectivity index (χ1v) is 6.74. The highest BCUT2D eigenvalue weighted by atomic mass is 16.5. The summed E-state index contributed by atoms with van der Waals surface area (Å²) in [5.74, 6) is 0.394. The second-order valence-corrected chi connectivity index (χ2v) is 5.27. The number of nitrogens with two attached hydrogens (primary N) is 1. The zero-order valence-electron chi connectivity index (χ0n) is 13.1. The van der Waals surface area contributed by atoms with Crippen LogP contribution in [0.3, 0.4) is 0 Å². The van der Waals surface area contributed by atoms with Crippen LogP contribution in [0.15, 0.2) is 18.2 Å². The van der Waals surface area contributed by atoms with Gasteiger partial charge in [-0.05, 0) is 32.4 Å². The summed E-state index contributed by atoms with van der Waals surface area (Å²) in [6.45, 7) is 4.36. The Balaban J connectivity index is 2.37. The number of amides is 1. The molecule has 0 saturated carbocycles. The van der Waals surface area contributed by atoms with E-state index in [1.165, 1.54) is 0 Å². The summed E-state index contributed by atoms with van der Waals surface area (Å²) in [4.78, 5) is 11.8. The van der Waals surface area contributed by atoms with Gasteiger partial charge in [0.2, 0.25) is 5.91 Å².